The minimum atomic E-state index is -0.351. The van der Waals surface area contributed by atoms with Gasteiger partial charge in [-0.3, -0.25) is 4.79 Å². The van der Waals surface area contributed by atoms with Crippen LogP contribution >= 0.6 is 27.5 Å². The predicted molar refractivity (Wildman–Crippen MR) is 69.4 cm³/mol. The summed E-state index contributed by atoms with van der Waals surface area (Å²) in [6.45, 7) is 3.99. The number of hydrogen-bond acceptors (Lipinski definition) is 2. The van der Waals surface area contributed by atoms with E-state index in [0.29, 0.717) is 11.4 Å². The number of hydrogen-bond donors (Lipinski definition) is 0. The van der Waals surface area contributed by atoms with Gasteiger partial charge in [-0.2, -0.15) is 0 Å². The number of carbonyl (C=O) groups is 1. The van der Waals surface area contributed by atoms with E-state index in [4.69, 9.17) is 11.6 Å². The molecule has 0 radical (unpaired) electrons. The number of ether oxygens (including phenoxy) is 1. The first-order chi connectivity index (χ1) is 7.45. The highest BCUT2D eigenvalue weighted by Crippen LogP contribution is 2.25. The molecule has 16 heavy (non-hydrogen) atoms. The molecule has 0 amide bonds. The molecule has 0 heterocycles. The average Bonchev–Trinajstić information content (AvgIpc) is 2.21. The van der Waals surface area contributed by atoms with Crippen LogP contribution in [0, 0.1) is 13.8 Å². The summed E-state index contributed by atoms with van der Waals surface area (Å²) in [5, 5.41) is 0.700. The topological polar surface area (TPSA) is 26.3 Å². The lowest BCUT2D eigenvalue weighted by molar-refractivity contribution is -0.139. The largest absolute Gasteiger partial charge is 0.468 e. The third-order valence-corrected chi connectivity index (χ3v) is 3.44. The van der Waals surface area contributed by atoms with Crippen molar-refractivity contribution in [2.45, 2.75) is 25.1 Å². The van der Waals surface area contributed by atoms with Crippen molar-refractivity contribution in [3.63, 3.8) is 0 Å². The van der Waals surface area contributed by atoms with E-state index in [1.165, 1.54) is 7.11 Å². The minimum absolute atomic E-state index is 0.281. The molecule has 1 unspecified atom stereocenters. The highest BCUT2D eigenvalue weighted by atomic mass is 79.9. The number of methoxy groups -OCH3 is 1. The van der Waals surface area contributed by atoms with Gasteiger partial charge in [-0.15, -0.1) is 0 Å². The van der Waals surface area contributed by atoms with Crippen LogP contribution in [-0.2, 0) is 16.0 Å². The molecular weight excluding hydrogens is 291 g/mol. The van der Waals surface area contributed by atoms with Crippen LogP contribution < -0.4 is 0 Å². The third-order valence-electron chi connectivity index (χ3n) is 2.40. The molecule has 0 aliphatic heterocycles. The van der Waals surface area contributed by atoms with Gasteiger partial charge in [0.25, 0.3) is 0 Å². The van der Waals surface area contributed by atoms with Crippen molar-refractivity contribution in [2.75, 3.05) is 7.11 Å². The van der Waals surface area contributed by atoms with Crippen LogP contribution in [0.5, 0.6) is 0 Å². The summed E-state index contributed by atoms with van der Waals surface area (Å²) in [6.07, 6.45) is 0.539. The minimum Gasteiger partial charge on any atom is -0.468 e. The maximum Gasteiger partial charge on any atom is 0.319 e. The van der Waals surface area contributed by atoms with Gasteiger partial charge < -0.3 is 4.74 Å². The molecule has 0 saturated carbocycles. The molecule has 88 valence electrons. The molecule has 1 atom stereocenters. The van der Waals surface area contributed by atoms with Gasteiger partial charge in [0, 0.05) is 5.02 Å². The van der Waals surface area contributed by atoms with E-state index in [1.807, 2.05) is 19.9 Å². The molecule has 0 spiro atoms. The maximum absolute atomic E-state index is 11.3. The smallest absolute Gasteiger partial charge is 0.319 e. The third kappa shape index (κ3) is 3.22. The van der Waals surface area contributed by atoms with Crippen molar-refractivity contribution in [1.29, 1.82) is 0 Å². The molecule has 0 N–H and O–H groups in total. The first-order valence-corrected chi connectivity index (χ1v) is 6.22. The fraction of sp³-hybridized carbons (Fsp3) is 0.417. The van der Waals surface area contributed by atoms with Gasteiger partial charge in [-0.1, -0.05) is 33.6 Å². The average molecular weight is 306 g/mol. The summed E-state index contributed by atoms with van der Waals surface area (Å²) in [7, 11) is 1.38. The molecule has 2 nitrogen and oxygen atoms in total. The van der Waals surface area contributed by atoms with Gasteiger partial charge in [-0.25, -0.2) is 0 Å². The highest BCUT2D eigenvalue weighted by Gasteiger charge is 2.18. The highest BCUT2D eigenvalue weighted by molar-refractivity contribution is 9.10. The molecule has 0 aliphatic carbocycles. The Morgan fingerprint density at radius 2 is 2.12 bits per heavy atom. The monoisotopic (exact) mass is 304 g/mol. The van der Waals surface area contributed by atoms with Crippen LogP contribution in [0.4, 0.5) is 0 Å². The summed E-state index contributed by atoms with van der Waals surface area (Å²) in [6, 6.07) is 3.96. The first-order valence-electron chi connectivity index (χ1n) is 4.93. The summed E-state index contributed by atoms with van der Waals surface area (Å²) in [5.41, 5.74) is 3.20. The van der Waals surface area contributed by atoms with Crippen LogP contribution in [0.2, 0.25) is 5.02 Å². The maximum atomic E-state index is 11.3. The second-order valence-electron chi connectivity index (χ2n) is 3.74. The number of halogens is 2. The fourth-order valence-electron chi connectivity index (χ4n) is 1.59. The first kappa shape index (κ1) is 13.5. The van der Waals surface area contributed by atoms with E-state index in [2.05, 4.69) is 26.7 Å². The van der Waals surface area contributed by atoms with Crippen molar-refractivity contribution >= 4 is 33.5 Å². The summed E-state index contributed by atoms with van der Waals surface area (Å²) in [5.74, 6) is -0.281. The van der Waals surface area contributed by atoms with E-state index < -0.39 is 0 Å². The Bertz CT molecular complexity index is 381. The van der Waals surface area contributed by atoms with Crippen LogP contribution in [0.25, 0.3) is 0 Å². The van der Waals surface area contributed by atoms with Crippen LogP contribution in [-0.4, -0.2) is 17.9 Å². The molecule has 1 rings (SSSR count). The van der Waals surface area contributed by atoms with E-state index in [-0.39, 0.29) is 10.8 Å². The molecule has 4 heteroatoms. The number of benzene rings is 1. The van der Waals surface area contributed by atoms with E-state index in [9.17, 15) is 4.79 Å². The lowest BCUT2D eigenvalue weighted by Gasteiger charge is -2.12. The van der Waals surface area contributed by atoms with Crippen LogP contribution in [0.1, 0.15) is 16.7 Å². The summed E-state index contributed by atoms with van der Waals surface area (Å²) in [4.78, 5) is 10.9. The Hall–Kier alpha value is -0.540. The molecule has 1 aromatic rings. The van der Waals surface area contributed by atoms with Crippen LogP contribution in [0.15, 0.2) is 12.1 Å². The van der Waals surface area contributed by atoms with Crippen molar-refractivity contribution in [2.24, 2.45) is 0 Å². The zero-order valence-corrected chi connectivity index (χ0v) is 11.9. The van der Waals surface area contributed by atoms with Crippen LogP contribution in [0.3, 0.4) is 0 Å². The summed E-state index contributed by atoms with van der Waals surface area (Å²) >= 11 is 9.45. The predicted octanol–water partition coefficient (Wildman–Crippen LogP) is 3.44. The quantitative estimate of drug-likeness (QED) is 0.632. The normalized spacial score (nSPS) is 12.3. The van der Waals surface area contributed by atoms with Crippen molar-refractivity contribution < 1.29 is 9.53 Å². The molecule has 0 aromatic heterocycles. The Labute approximate surface area is 109 Å². The van der Waals surface area contributed by atoms with Gasteiger partial charge in [-0.05, 0) is 43.0 Å². The molecule has 0 aliphatic rings. The van der Waals surface area contributed by atoms with Crippen molar-refractivity contribution in [3.8, 4) is 0 Å². The standard InChI is InChI=1S/C12H14BrClO2/c1-7-4-8(2)9(11(14)5-7)6-10(13)12(15)16-3/h4-5,10H,6H2,1-3H3. The van der Waals surface area contributed by atoms with Gasteiger partial charge in [0.05, 0.1) is 7.11 Å². The van der Waals surface area contributed by atoms with E-state index >= 15 is 0 Å². The molecule has 0 fully saturated rings. The Kier molecular flexibility index (Phi) is 4.81. The Morgan fingerprint density at radius 1 is 1.50 bits per heavy atom. The second kappa shape index (κ2) is 5.69. The van der Waals surface area contributed by atoms with Crippen molar-refractivity contribution in [1.82, 2.24) is 0 Å². The number of aryl methyl sites for hydroxylation is 2. The molecule has 0 bridgehead atoms. The zero-order chi connectivity index (χ0) is 12.3. The molecule has 1 aromatic carbocycles. The van der Waals surface area contributed by atoms with Gasteiger partial charge in [0.1, 0.15) is 4.83 Å². The lowest BCUT2D eigenvalue weighted by Crippen LogP contribution is -2.18. The zero-order valence-electron chi connectivity index (χ0n) is 9.51. The van der Waals surface area contributed by atoms with Gasteiger partial charge in [0.2, 0.25) is 0 Å². The second-order valence-corrected chi connectivity index (χ2v) is 5.25. The fourth-order valence-corrected chi connectivity index (χ4v) is 2.50. The molecular formula is C12H14BrClO2. The molecule has 0 saturated heterocycles. The number of rotatable bonds is 3. The lowest BCUT2D eigenvalue weighted by atomic mass is 10.0. The Balaban J connectivity index is 2.93. The Morgan fingerprint density at radius 3 is 2.62 bits per heavy atom. The van der Waals surface area contributed by atoms with Crippen molar-refractivity contribution in [3.05, 3.63) is 33.8 Å². The number of alkyl halides is 1. The number of esters is 1. The SMILES string of the molecule is COC(=O)C(Br)Cc1c(C)cc(C)cc1Cl. The van der Waals surface area contributed by atoms with E-state index in [0.717, 1.165) is 16.7 Å². The summed E-state index contributed by atoms with van der Waals surface area (Å²) < 4.78 is 4.66. The van der Waals surface area contributed by atoms with Gasteiger partial charge >= 0.3 is 5.97 Å². The number of carbonyl (C=O) groups excluding carboxylic acids is 1. The van der Waals surface area contributed by atoms with E-state index in [1.54, 1.807) is 0 Å². The van der Waals surface area contributed by atoms with Gasteiger partial charge in [0.15, 0.2) is 0 Å².